The van der Waals surface area contributed by atoms with Gasteiger partial charge >= 0.3 is 0 Å². The highest BCUT2D eigenvalue weighted by Crippen LogP contribution is 2.24. The number of benzene rings is 3. The van der Waals surface area contributed by atoms with Crippen LogP contribution >= 0.6 is 0 Å². The minimum Gasteiger partial charge on any atom is -0.497 e. The summed E-state index contributed by atoms with van der Waals surface area (Å²) in [6.07, 6.45) is 2.91. The van der Waals surface area contributed by atoms with Crippen molar-refractivity contribution in [3.05, 3.63) is 95.7 Å². The van der Waals surface area contributed by atoms with Crippen molar-refractivity contribution in [2.45, 2.75) is 18.9 Å². The van der Waals surface area contributed by atoms with Crippen LogP contribution in [0.25, 0.3) is 10.9 Å². The van der Waals surface area contributed by atoms with Gasteiger partial charge in [0, 0.05) is 17.1 Å². The number of carbonyl (C=O) groups excluding carboxylic acids is 1. The lowest BCUT2D eigenvalue weighted by Gasteiger charge is -2.20. The lowest BCUT2D eigenvalue weighted by Crippen LogP contribution is -2.31. The second kappa shape index (κ2) is 9.39. The molecule has 2 N–H and O–H groups in total. The van der Waals surface area contributed by atoms with Crippen LogP contribution in [0.15, 0.2) is 79.0 Å². The lowest BCUT2D eigenvalue weighted by molar-refractivity contribution is -0.121. The number of hydrogen-bond acceptors (Lipinski definition) is 3. The number of para-hydroxylation sites is 1. The summed E-state index contributed by atoms with van der Waals surface area (Å²) in [5.41, 5.74) is 4.18. The summed E-state index contributed by atoms with van der Waals surface area (Å²) in [5.74, 6) is 1.59. The smallest absolute Gasteiger partial charge is 0.224 e. The molecule has 158 valence electrons. The number of methoxy groups -OCH3 is 2. The Bertz CT molecular complexity index is 1150. The average molecular weight is 415 g/mol. The van der Waals surface area contributed by atoms with Gasteiger partial charge in [-0.3, -0.25) is 4.79 Å². The molecule has 0 fully saturated rings. The number of nitrogens with one attached hydrogen (secondary N) is 2. The number of H-pyrrole nitrogens is 1. The quantitative estimate of drug-likeness (QED) is 0.434. The predicted octanol–water partition coefficient (Wildman–Crippen LogP) is 4.83. The maximum atomic E-state index is 13.0. The van der Waals surface area contributed by atoms with E-state index in [2.05, 4.69) is 10.3 Å². The Kier molecular flexibility index (Phi) is 6.22. The standard InChI is InChI=1S/C26H26N2O3/c1-30-21-11-7-18(8-12-21)15-25(19-9-13-22(31-2)14-10-19)28-26(29)16-20-17-27-24-6-4-3-5-23(20)24/h3-14,17,25,27H,15-16H2,1-2H3,(H,28,29)/t25-/m0/s1. The highest BCUT2D eigenvalue weighted by Gasteiger charge is 2.17. The molecule has 0 unspecified atom stereocenters. The van der Waals surface area contributed by atoms with Crippen LogP contribution in [0.2, 0.25) is 0 Å². The van der Waals surface area contributed by atoms with Crippen LogP contribution in [0.1, 0.15) is 22.7 Å². The summed E-state index contributed by atoms with van der Waals surface area (Å²) in [6, 6.07) is 23.6. The average Bonchev–Trinajstić information content (AvgIpc) is 3.22. The maximum Gasteiger partial charge on any atom is 0.224 e. The molecular weight excluding hydrogens is 388 g/mol. The second-order valence-corrected chi connectivity index (χ2v) is 7.48. The monoisotopic (exact) mass is 414 g/mol. The molecule has 0 aliphatic rings. The van der Waals surface area contributed by atoms with Crippen LogP contribution in [0, 0.1) is 0 Å². The van der Waals surface area contributed by atoms with Crippen molar-refractivity contribution in [1.82, 2.24) is 10.3 Å². The molecule has 1 aromatic heterocycles. The molecule has 4 rings (SSSR count). The molecule has 0 saturated carbocycles. The fourth-order valence-corrected chi connectivity index (χ4v) is 3.78. The van der Waals surface area contributed by atoms with Crippen molar-refractivity contribution in [2.75, 3.05) is 14.2 Å². The summed E-state index contributed by atoms with van der Waals surface area (Å²) in [4.78, 5) is 16.2. The molecule has 1 heterocycles. The molecule has 0 aliphatic heterocycles. The van der Waals surface area contributed by atoms with Gasteiger partial charge in [0.2, 0.25) is 5.91 Å². The molecule has 0 saturated heterocycles. The third-order valence-electron chi connectivity index (χ3n) is 5.48. The third-order valence-corrected chi connectivity index (χ3v) is 5.48. The van der Waals surface area contributed by atoms with Gasteiger partial charge in [-0.15, -0.1) is 0 Å². The first-order valence-electron chi connectivity index (χ1n) is 10.3. The lowest BCUT2D eigenvalue weighted by atomic mass is 9.98. The SMILES string of the molecule is COc1ccc(C[C@H](NC(=O)Cc2c[nH]c3ccccc23)c2ccc(OC)cc2)cc1. The van der Waals surface area contributed by atoms with Gasteiger partial charge in [-0.1, -0.05) is 42.5 Å². The number of ether oxygens (including phenoxy) is 2. The summed E-state index contributed by atoms with van der Waals surface area (Å²) < 4.78 is 10.5. The molecule has 1 amide bonds. The van der Waals surface area contributed by atoms with Crippen LogP contribution < -0.4 is 14.8 Å². The molecule has 3 aromatic carbocycles. The molecule has 4 aromatic rings. The van der Waals surface area contributed by atoms with Gasteiger partial charge in [-0.05, 0) is 53.4 Å². The summed E-state index contributed by atoms with van der Waals surface area (Å²) in [5, 5.41) is 4.30. The van der Waals surface area contributed by atoms with Crippen molar-refractivity contribution >= 4 is 16.8 Å². The molecule has 1 atom stereocenters. The van der Waals surface area contributed by atoms with Gasteiger partial charge in [0.05, 0.1) is 26.7 Å². The Morgan fingerprint density at radius 3 is 2.23 bits per heavy atom. The Balaban J connectivity index is 1.54. The van der Waals surface area contributed by atoms with E-state index in [-0.39, 0.29) is 11.9 Å². The number of aromatic nitrogens is 1. The minimum atomic E-state index is -0.156. The van der Waals surface area contributed by atoms with Crippen molar-refractivity contribution in [3.8, 4) is 11.5 Å². The Labute approximate surface area is 182 Å². The minimum absolute atomic E-state index is 0.0147. The van der Waals surface area contributed by atoms with Crippen LogP contribution in [-0.4, -0.2) is 25.1 Å². The van der Waals surface area contributed by atoms with E-state index in [1.165, 1.54) is 0 Å². The van der Waals surface area contributed by atoms with E-state index in [0.717, 1.165) is 39.1 Å². The molecular formula is C26H26N2O3. The molecule has 0 bridgehead atoms. The largest absolute Gasteiger partial charge is 0.497 e. The highest BCUT2D eigenvalue weighted by molar-refractivity contribution is 5.89. The molecule has 31 heavy (non-hydrogen) atoms. The van der Waals surface area contributed by atoms with E-state index in [0.29, 0.717) is 12.8 Å². The van der Waals surface area contributed by atoms with E-state index in [4.69, 9.17) is 9.47 Å². The number of aromatic amines is 1. The molecule has 0 spiro atoms. The summed E-state index contributed by atoms with van der Waals surface area (Å²) in [7, 11) is 3.30. The highest BCUT2D eigenvalue weighted by atomic mass is 16.5. The number of fused-ring (bicyclic) bond motifs is 1. The zero-order valence-corrected chi connectivity index (χ0v) is 17.7. The first-order valence-corrected chi connectivity index (χ1v) is 10.3. The van der Waals surface area contributed by atoms with Gasteiger partial charge in [0.15, 0.2) is 0 Å². The van der Waals surface area contributed by atoms with Gasteiger partial charge in [0.1, 0.15) is 11.5 Å². The van der Waals surface area contributed by atoms with Gasteiger partial charge < -0.3 is 19.8 Å². The fourth-order valence-electron chi connectivity index (χ4n) is 3.78. The number of amides is 1. The van der Waals surface area contributed by atoms with E-state index in [1.54, 1.807) is 14.2 Å². The molecule has 0 radical (unpaired) electrons. The van der Waals surface area contributed by atoms with Gasteiger partial charge in [0.25, 0.3) is 0 Å². The van der Waals surface area contributed by atoms with Crippen LogP contribution in [0.5, 0.6) is 11.5 Å². The topological polar surface area (TPSA) is 63.3 Å². The number of rotatable bonds is 8. The van der Waals surface area contributed by atoms with E-state index < -0.39 is 0 Å². The normalized spacial score (nSPS) is 11.8. The number of carbonyl (C=O) groups is 1. The Hall–Kier alpha value is -3.73. The van der Waals surface area contributed by atoms with Gasteiger partial charge in [-0.25, -0.2) is 0 Å². The zero-order chi connectivity index (χ0) is 21.6. The van der Waals surface area contributed by atoms with Crippen LogP contribution in [0.3, 0.4) is 0 Å². The van der Waals surface area contributed by atoms with E-state index >= 15 is 0 Å². The zero-order valence-electron chi connectivity index (χ0n) is 17.7. The van der Waals surface area contributed by atoms with E-state index in [9.17, 15) is 4.79 Å². The van der Waals surface area contributed by atoms with Crippen molar-refractivity contribution in [1.29, 1.82) is 0 Å². The fraction of sp³-hybridized carbons (Fsp3) is 0.192. The molecule has 0 aliphatic carbocycles. The predicted molar refractivity (Wildman–Crippen MR) is 123 cm³/mol. The molecule has 5 heteroatoms. The Morgan fingerprint density at radius 1 is 0.903 bits per heavy atom. The number of hydrogen-bond donors (Lipinski definition) is 2. The maximum absolute atomic E-state index is 13.0. The summed E-state index contributed by atoms with van der Waals surface area (Å²) >= 11 is 0. The summed E-state index contributed by atoms with van der Waals surface area (Å²) in [6.45, 7) is 0. The third kappa shape index (κ3) is 4.89. The first kappa shape index (κ1) is 20.5. The van der Waals surface area contributed by atoms with Crippen molar-refractivity contribution in [3.63, 3.8) is 0 Å². The van der Waals surface area contributed by atoms with E-state index in [1.807, 2.05) is 79.0 Å². The van der Waals surface area contributed by atoms with Gasteiger partial charge in [-0.2, -0.15) is 0 Å². The van der Waals surface area contributed by atoms with Crippen LogP contribution in [0.4, 0.5) is 0 Å². The van der Waals surface area contributed by atoms with Crippen molar-refractivity contribution < 1.29 is 14.3 Å². The second-order valence-electron chi connectivity index (χ2n) is 7.48. The Morgan fingerprint density at radius 2 is 1.55 bits per heavy atom. The first-order chi connectivity index (χ1) is 15.2. The molecule has 5 nitrogen and oxygen atoms in total. The van der Waals surface area contributed by atoms with Crippen LogP contribution in [-0.2, 0) is 17.6 Å². The van der Waals surface area contributed by atoms with Crippen molar-refractivity contribution in [2.24, 2.45) is 0 Å².